The summed E-state index contributed by atoms with van der Waals surface area (Å²) in [6.07, 6.45) is 4.12. The van der Waals surface area contributed by atoms with Gasteiger partial charge in [-0.05, 0) is 53.9 Å². The van der Waals surface area contributed by atoms with E-state index in [-0.39, 0.29) is 5.41 Å². The smallest absolute Gasteiger partial charge is 0.142 e. The number of rotatable bonds is 4. The molecule has 3 rings (SSSR count). The van der Waals surface area contributed by atoms with Crippen molar-refractivity contribution in [3.05, 3.63) is 41.1 Å². The van der Waals surface area contributed by atoms with Crippen LogP contribution in [0.15, 0.2) is 24.3 Å². The number of aryl methyl sites for hydroxylation is 1. The molecular weight excluding hydrogens is 322 g/mol. The lowest BCUT2D eigenvalue weighted by Gasteiger charge is -2.37. The topological polar surface area (TPSA) is 71.9 Å². The fourth-order valence-corrected chi connectivity index (χ4v) is 3.92. The highest BCUT2D eigenvalue weighted by atomic mass is 16.5. The van der Waals surface area contributed by atoms with E-state index in [9.17, 15) is 5.26 Å². The minimum Gasteiger partial charge on any atom is -0.497 e. The number of benzene rings is 1. The number of fused-ring (bicyclic) bond motifs is 1. The number of anilines is 1. The second-order valence-corrected chi connectivity index (χ2v) is 7.79. The molecule has 0 bridgehead atoms. The van der Waals surface area contributed by atoms with Crippen LogP contribution >= 0.6 is 0 Å². The molecule has 1 aliphatic carbocycles. The van der Waals surface area contributed by atoms with E-state index in [0.29, 0.717) is 17.3 Å². The molecule has 26 heavy (non-hydrogen) atoms. The Hall–Kier alpha value is -2.54. The summed E-state index contributed by atoms with van der Waals surface area (Å²) in [6.45, 7) is 6.93. The Morgan fingerprint density at radius 1 is 1.31 bits per heavy atom. The number of pyridine rings is 1. The van der Waals surface area contributed by atoms with E-state index in [1.54, 1.807) is 7.11 Å². The maximum Gasteiger partial charge on any atom is 0.142 e. The lowest BCUT2D eigenvalue weighted by Crippen LogP contribution is -2.30. The van der Waals surface area contributed by atoms with Gasteiger partial charge in [0.15, 0.2) is 0 Å². The fourth-order valence-electron chi connectivity index (χ4n) is 3.92. The highest BCUT2D eigenvalue weighted by molar-refractivity contribution is 5.79. The van der Waals surface area contributed by atoms with Crippen molar-refractivity contribution in [2.45, 2.75) is 46.5 Å². The summed E-state index contributed by atoms with van der Waals surface area (Å²) in [7, 11) is 1.65. The van der Waals surface area contributed by atoms with Gasteiger partial charge in [0.05, 0.1) is 7.11 Å². The molecule has 0 amide bonds. The molecule has 136 valence electrons. The van der Waals surface area contributed by atoms with Crippen LogP contribution in [0.5, 0.6) is 5.75 Å². The molecule has 0 fully saturated rings. The van der Waals surface area contributed by atoms with Crippen LogP contribution in [-0.2, 0) is 12.8 Å². The van der Waals surface area contributed by atoms with E-state index in [4.69, 9.17) is 10.5 Å². The summed E-state index contributed by atoms with van der Waals surface area (Å²) in [6, 6.07) is 10.1. The Bertz CT molecular complexity index is 847. The second-order valence-electron chi connectivity index (χ2n) is 7.79. The van der Waals surface area contributed by atoms with Gasteiger partial charge >= 0.3 is 0 Å². The zero-order chi connectivity index (χ0) is 18.9. The minimum atomic E-state index is 0.267. The first-order valence-corrected chi connectivity index (χ1v) is 9.27. The first-order chi connectivity index (χ1) is 12.4. The molecule has 0 aliphatic heterocycles. The number of nitrogen functional groups attached to an aromatic ring is 1. The first kappa shape index (κ1) is 18.3. The Morgan fingerprint density at radius 2 is 2.00 bits per heavy atom. The lowest BCUT2D eigenvalue weighted by atomic mass is 9.68. The average molecular weight is 349 g/mol. The van der Waals surface area contributed by atoms with Crippen molar-refractivity contribution in [2.75, 3.05) is 12.8 Å². The molecule has 0 saturated heterocycles. The predicted molar refractivity (Wildman–Crippen MR) is 105 cm³/mol. The van der Waals surface area contributed by atoms with Gasteiger partial charge in [-0.2, -0.15) is 5.26 Å². The number of hydrogen-bond acceptors (Lipinski definition) is 4. The molecule has 4 heteroatoms. The molecule has 1 aromatic carbocycles. The van der Waals surface area contributed by atoms with Gasteiger partial charge in [-0.15, -0.1) is 0 Å². The monoisotopic (exact) mass is 349 g/mol. The maximum atomic E-state index is 9.74. The predicted octanol–water partition coefficient (Wildman–Crippen LogP) is 4.75. The van der Waals surface area contributed by atoms with Crippen LogP contribution in [0.3, 0.4) is 0 Å². The number of methoxy groups -OCH3 is 1. The van der Waals surface area contributed by atoms with Crippen LogP contribution in [0.4, 0.5) is 5.82 Å². The van der Waals surface area contributed by atoms with Crippen LogP contribution in [0, 0.1) is 22.7 Å². The van der Waals surface area contributed by atoms with E-state index < -0.39 is 0 Å². The summed E-state index contributed by atoms with van der Waals surface area (Å²) in [5.74, 6) is 1.72. The molecule has 4 nitrogen and oxygen atoms in total. The third-order valence-electron chi connectivity index (χ3n) is 6.10. The van der Waals surface area contributed by atoms with Crippen molar-refractivity contribution in [3.63, 3.8) is 0 Å². The molecule has 2 N–H and O–H groups in total. The standard InChI is InChI=1S/C22H27N3O/c1-5-22(2,3)15-8-11-19-17(12-15)20(18(13-23)21(24)25-19)14-6-9-16(26-4)10-7-14/h6-7,9-10,15H,5,8,11-12H2,1-4H3,(H2,24,25). The molecule has 0 spiro atoms. The normalized spacial score (nSPS) is 16.7. The third-order valence-corrected chi connectivity index (χ3v) is 6.10. The number of nitriles is 1. The molecule has 1 aromatic heterocycles. The summed E-state index contributed by atoms with van der Waals surface area (Å²) >= 11 is 0. The zero-order valence-electron chi connectivity index (χ0n) is 16.1. The van der Waals surface area contributed by atoms with E-state index in [1.165, 1.54) is 5.56 Å². The van der Waals surface area contributed by atoms with Crippen LogP contribution in [0.1, 0.15) is 50.4 Å². The first-order valence-electron chi connectivity index (χ1n) is 9.27. The van der Waals surface area contributed by atoms with Gasteiger partial charge in [-0.25, -0.2) is 4.98 Å². The van der Waals surface area contributed by atoms with Crippen molar-refractivity contribution in [2.24, 2.45) is 11.3 Å². The van der Waals surface area contributed by atoms with Crippen LogP contribution in [0.2, 0.25) is 0 Å². The second kappa shape index (κ2) is 6.99. The number of aromatic nitrogens is 1. The third kappa shape index (κ3) is 3.14. The van der Waals surface area contributed by atoms with Crippen LogP contribution < -0.4 is 10.5 Å². The van der Waals surface area contributed by atoms with E-state index in [0.717, 1.165) is 48.3 Å². The minimum absolute atomic E-state index is 0.267. The van der Waals surface area contributed by atoms with Gasteiger partial charge in [0.25, 0.3) is 0 Å². The quantitative estimate of drug-likeness (QED) is 0.864. The van der Waals surface area contributed by atoms with E-state index in [1.807, 2.05) is 24.3 Å². The molecular formula is C22H27N3O. The Morgan fingerprint density at radius 3 is 2.58 bits per heavy atom. The number of ether oxygens (including phenoxy) is 1. The van der Waals surface area contributed by atoms with Crippen LogP contribution in [0.25, 0.3) is 11.1 Å². The largest absolute Gasteiger partial charge is 0.497 e. The Balaban J connectivity index is 2.16. The lowest BCUT2D eigenvalue weighted by molar-refractivity contribution is 0.182. The van der Waals surface area contributed by atoms with E-state index >= 15 is 0 Å². The van der Waals surface area contributed by atoms with E-state index in [2.05, 4.69) is 31.8 Å². The molecule has 2 aromatic rings. The summed E-state index contributed by atoms with van der Waals surface area (Å²) in [5, 5.41) is 9.74. The van der Waals surface area contributed by atoms with Gasteiger partial charge in [-0.3, -0.25) is 0 Å². The molecule has 1 unspecified atom stereocenters. The summed E-state index contributed by atoms with van der Waals surface area (Å²) in [4.78, 5) is 4.58. The van der Waals surface area contributed by atoms with Gasteiger partial charge < -0.3 is 10.5 Å². The van der Waals surface area contributed by atoms with Crippen molar-refractivity contribution in [1.82, 2.24) is 4.98 Å². The Labute approximate surface area is 156 Å². The highest BCUT2D eigenvalue weighted by Crippen LogP contribution is 2.43. The Kier molecular flexibility index (Phi) is 4.91. The number of hydrogen-bond donors (Lipinski definition) is 1. The maximum absolute atomic E-state index is 9.74. The number of nitrogens with zero attached hydrogens (tertiary/aromatic N) is 2. The SMILES string of the molecule is CCC(C)(C)C1CCc2nc(N)c(C#N)c(-c3ccc(OC)cc3)c2C1. The molecule has 0 radical (unpaired) electrons. The van der Waals surface area contributed by atoms with Gasteiger partial charge in [-0.1, -0.05) is 39.3 Å². The number of nitrogens with two attached hydrogens (primary N) is 1. The molecule has 1 atom stereocenters. The fraction of sp³-hybridized carbons (Fsp3) is 0.455. The van der Waals surface area contributed by atoms with Crippen molar-refractivity contribution in [3.8, 4) is 22.9 Å². The molecule has 1 heterocycles. The average Bonchev–Trinajstić information content (AvgIpc) is 2.66. The van der Waals surface area contributed by atoms with Crippen molar-refractivity contribution in [1.29, 1.82) is 5.26 Å². The summed E-state index contributed by atoms with van der Waals surface area (Å²) < 4.78 is 5.27. The van der Waals surface area contributed by atoms with Gasteiger partial charge in [0, 0.05) is 11.3 Å². The van der Waals surface area contributed by atoms with Crippen LogP contribution in [-0.4, -0.2) is 12.1 Å². The van der Waals surface area contributed by atoms with Gasteiger partial charge in [0.2, 0.25) is 0 Å². The zero-order valence-corrected chi connectivity index (χ0v) is 16.1. The van der Waals surface area contributed by atoms with Crippen molar-refractivity contribution < 1.29 is 4.74 Å². The summed E-state index contributed by atoms with van der Waals surface area (Å²) in [5.41, 5.74) is 11.1. The molecule has 1 aliphatic rings. The molecule has 0 saturated carbocycles. The van der Waals surface area contributed by atoms with Gasteiger partial charge in [0.1, 0.15) is 23.2 Å². The van der Waals surface area contributed by atoms with Crippen molar-refractivity contribution >= 4 is 5.82 Å². The highest BCUT2D eigenvalue weighted by Gasteiger charge is 2.34.